The molecular weight excluding hydrogens is 490 g/mol. The summed E-state index contributed by atoms with van der Waals surface area (Å²) in [6.07, 6.45) is -0.366. The molecule has 1 amide bonds. The average Bonchev–Trinajstić information content (AvgIpc) is 3.17. The number of benzene rings is 3. The number of nitrogen functional groups attached to an aromatic ring is 1. The van der Waals surface area contributed by atoms with Crippen LogP contribution in [-0.4, -0.2) is 23.2 Å². The normalized spacial score (nSPS) is 11.4. The molecule has 0 bridgehead atoms. The molecule has 0 spiro atoms. The van der Waals surface area contributed by atoms with Gasteiger partial charge >= 0.3 is 11.7 Å². The molecule has 0 aliphatic rings. The van der Waals surface area contributed by atoms with Gasteiger partial charge in [-0.15, -0.1) is 0 Å². The van der Waals surface area contributed by atoms with Crippen molar-refractivity contribution in [3.05, 3.63) is 82.7 Å². The Labute approximate surface area is 219 Å². The minimum absolute atomic E-state index is 0.0866. The number of aromatic amines is 1. The lowest BCUT2D eigenvalue weighted by Crippen LogP contribution is -2.39. The monoisotopic (exact) mass is 521 g/mol. The quantitative estimate of drug-likeness (QED) is 0.133. The van der Waals surface area contributed by atoms with Gasteiger partial charge in [-0.2, -0.15) is 0 Å². The smallest absolute Gasteiger partial charge is 0.329 e. The highest BCUT2D eigenvalue weighted by Crippen LogP contribution is 2.40. The zero-order valence-electron chi connectivity index (χ0n) is 21.9. The zero-order chi connectivity index (χ0) is 27.8. The number of nitrogens with two attached hydrogens (primary N) is 1. The summed E-state index contributed by atoms with van der Waals surface area (Å²) in [5, 5.41) is 13.7. The summed E-state index contributed by atoms with van der Waals surface area (Å²) in [6.45, 7) is 7.01. The van der Waals surface area contributed by atoms with Crippen LogP contribution in [0.1, 0.15) is 46.2 Å². The van der Waals surface area contributed by atoms with E-state index in [9.17, 15) is 18.8 Å². The minimum Gasteiger partial charge on any atom is -0.496 e. The lowest BCUT2D eigenvalue weighted by molar-refractivity contribution is -0.896. The molecular formula is C29H31F2N4O3+. The van der Waals surface area contributed by atoms with Crippen molar-refractivity contribution in [3.8, 4) is 28.3 Å². The van der Waals surface area contributed by atoms with Crippen LogP contribution in [0.2, 0.25) is 0 Å². The second kappa shape index (κ2) is 10.2. The first kappa shape index (κ1) is 26.7. The largest absolute Gasteiger partial charge is 0.496 e. The number of aromatic nitrogens is 2. The number of alkyl halides is 2. The van der Waals surface area contributed by atoms with Crippen molar-refractivity contribution in [2.24, 2.45) is 0 Å². The molecule has 0 aliphatic carbocycles. The van der Waals surface area contributed by atoms with Crippen molar-refractivity contribution in [1.29, 1.82) is 0 Å². The molecule has 1 heterocycles. The molecule has 9 heteroatoms. The molecule has 0 aliphatic heterocycles. The number of nitrogens with zero attached hydrogens (tertiary/aromatic N) is 1. The predicted molar refractivity (Wildman–Crippen MR) is 143 cm³/mol. The summed E-state index contributed by atoms with van der Waals surface area (Å²) in [7, 11) is 1.56. The van der Waals surface area contributed by atoms with Crippen LogP contribution in [-0.2, 0) is 5.92 Å². The van der Waals surface area contributed by atoms with Crippen LogP contribution >= 0.6 is 0 Å². The van der Waals surface area contributed by atoms with Crippen molar-refractivity contribution < 1.29 is 28.2 Å². The molecule has 1 aromatic heterocycles. The molecule has 0 fully saturated rings. The van der Waals surface area contributed by atoms with Gasteiger partial charge in [0, 0.05) is 36.2 Å². The Bertz CT molecular complexity index is 1510. The molecule has 198 valence electrons. The fraction of sp³-hybridized carbons (Fsp3) is 0.241. The van der Waals surface area contributed by atoms with Crippen molar-refractivity contribution in [3.63, 3.8) is 0 Å². The summed E-state index contributed by atoms with van der Waals surface area (Å²) in [5.41, 5.74) is 11.2. The molecule has 4 aromatic rings. The number of nitrogens with one attached hydrogen (secondary N) is 2. The van der Waals surface area contributed by atoms with Gasteiger partial charge < -0.3 is 21.0 Å². The number of aryl methyl sites for hydroxylation is 3. The summed E-state index contributed by atoms with van der Waals surface area (Å²) in [6, 6.07) is 14.9. The molecule has 7 nitrogen and oxygen atoms in total. The van der Waals surface area contributed by atoms with Crippen LogP contribution in [0.15, 0.2) is 54.6 Å². The third kappa shape index (κ3) is 4.79. The first-order chi connectivity index (χ1) is 18.0. The lowest BCUT2D eigenvalue weighted by Gasteiger charge is -2.16. The Kier molecular flexibility index (Phi) is 7.13. The number of hydrogen-bond acceptors (Lipinski definition) is 4. The van der Waals surface area contributed by atoms with Crippen molar-refractivity contribution in [2.75, 3.05) is 18.2 Å². The Morgan fingerprint density at radius 2 is 1.74 bits per heavy atom. The van der Waals surface area contributed by atoms with E-state index in [1.807, 2.05) is 32.0 Å². The van der Waals surface area contributed by atoms with Crippen LogP contribution in [0.25, 0.3) is 22.5 Å². The molecule has 5 N–H and O–H groups in total. The number of carbonyl (C=O) groups excluding carboxylic acids is 1. The topological polar surface area (TPSA) is 104 Å². The highest BCUT2D eigenvalue weighted by molar-refractivity contribution is 6.03. The molecule has 0 radical (unpaired) electrons. The fourth-order valence-electron chi connectivity index (χ4n) is 4.63. The Hall–Kier alpha value is -4.40. The second-order valence-corrected chi connectivity index (χ2v) is 9.26. The van der Waals surface area contributed by atoms with E-state index in [0.717, 1.165) is 27.0 Å². The van der Waals surface area contributed by atoms with Crippen LogP contribution < -0.4 is 20.5 Å². The molecule has 38 heavy (non-hydrogen) atoms. The summed E-state index contributed by atoms with van der Waals surface area (Å²) in [5.74, 6) is -2.94. The van der Waals surface area contributed by atoms with Gasteiger partial charge in [0.25, 0.3) is 11.6 Å². The van der Waals surface area contributed by atoms with Crippen molar-refractivity contribution in [2.45, 2.75) is 40.0 Å². The van der Waals surface area contributed by atoms with E-state index in [0.29, 0.717) is 22.7 Å². The first-order valence-electron chi connectivity index (χ1n) is 12.2. The number of anilines is 2. The predicted octanol–water partition coefficient (Wildman–Crippen LogP) is 6.14. The summed E-state index contributed by atoms with van der Waals surface area (Å²) in [4.78, 5) is 16.2. The third-order valence-corrected chi connectivity index (χ3v) is 6.66. The maximum Gasteiger partial charge on any atom is 0.329 e. The third-order valence-electron chi connectivity index (χ3n) is 6.66. The van der Waals surface area contributed by atoms with Gasteiger partial charge in [-0.25, -0.2) is 13.8 Å². The van der Waals surface area contributed by atoms with Crippen molar-refractivity contribution >= 4 is 17.3 Å². The van der Waals surface area contributed by atoms with Gasteiger partial charge in [-0.1, -0.05) is 37.3 Å². The number of H-pyrrole nitrogens is 1. The SMILES string of the molecule is CCC(F)(F)c1cccc(NC(=O)c2c(C)[nH]c(-c3cc(-c4c(C)cccc4C)c(OC)cc3N)[n+]2O)c1. The van der Waals surface area contributed by atoms with Crippen LogP contribution in [0, 0.1) is 20.8 Å². The minimum atomic E-state index is -3.02. The maximum absolute atomic E-state index is 14.2. The highest BCUT2D eigenvalue weighted by Gasteiger charge is 2.32. The van der Waals surface area contributed by atoms with Gasteiger partial charge in [0.05, 0.1) is 18.4 Å². The Morgan fingerprint density at radius 1 is 1.08 bits per heavy atom. The fourth-order valence-corrected chi connectivity index (χ4v) is 4.63. The van der Waals surface area contributed by atoms with Crippen molar-refractivity contribution in [1.82, 2.24) is 4.98 Å². The number of imidazole rings is 1. The zero-order valence-corrected chi connectivity index (χ0v) is 21.9. The number of amides is 1. The molecule has 0 saturated carbocycles. The van der Waals surface area contributed by atoms with E-state index in [-0.39, 0.29) is 29.2 Å². The van der Waals surface area contributed by atoms with Crippen LogP contribution in [0.3, 0.4) is 0 Å². The number of halogens is 2. The van der Waals surface area contributed by atoms with Crippen LogP contribution in [0.5, 0.6) is 5.75 Å². The van der Waals surface area contributed by atoms with E-state index in [1.54, 1.807) is 26.2 Å². The standard InChI is InChI=1S/C29H30F2N4O3/c1-6-29(30,31)19-11-8-12-20(13-19)34-28(36)26-18(4)33-27(35(26)37)21-14-22(24(38-5)15-23(21)32)25-16(2)9-7-10-17(25)3/h7-15,37H,6H2,1-5H3,(H3,32,33,34,36)/p+1. The average molecular weight is 522 g/mol. The van der Waals surface area contributed by atoms with E-state index >= 15 is 0 Å². The second-order valence-electron chi connectivity index (χ2n) is 9.26. The van der Waals surface area contributed by atoms with E-state index in [4.69, 9.17) is 10.5 Å². The molecule has 0 unspecified atom stereocenters. The van der Waals surface area contributed by atoms with E-state index in [1.165, 1.54) is 31.2 Å². The molecule has 3 aromatic carbocycles. The van der Waals surface area contributed by atoms with Gasteiger partial charge in [0.15, 0.2) is 5.69 Å². The summed E-state index contributed by atoms with van der Waals surface area (Å²) < 4.78 is 34.7. The number of carbonyl (C=O) groups is 1. The molecule has 0 saturated heterocycles. The summed E-state index contributed by atoms with van der Waals surface area (Å²) >= 11 is 0. The van der Waals surface area contributed by atoms with Gasteiger partial charge in [0.1, 0.15) is 5.75 Å². The van der Waals surface area contributed by atoms with Gasteiger partial charge in [-0.05, 0) is 53.5 Å². The molecule has 4 rings (SSSR count). The van der Waals surface area contributed by atoms with E-state index < -0.39 is 11.8 Å². The maximum atomic E-state index is 14.2. The molecule has 0 atom stereocenters. The lowest BCUT2D eigenvalue weighted by atomic mass is 9.93. The van der Waals surface area contributed by atoms with Crippen LogP contribution in [0.4, 0.5) is 20.2 Å². The van der Waals surface area contributed by atoms with Gasteiger partial charge in [0.2, 0.25) is 0 Å². The number of rotatable bonds is 7. The Morgan fingerprint density at radius 3 is 2.37 bits per heavy atom. The number of ether oxygens (including phenoxy) is 1. The number of methoxy groups -OCH3 is 1. The first-order valence-corrected chi connectivity index (χ1v) is 12.2. The van der Waals surface area contributed by atoms with E-state index in [2.05, 4.69) is 10.3 Å². The highest BCUT2D eigenvalue weighted by atomic mass is 19.3. The Balaban J connectivity index is 1.76. The van der Waals surface area contributed by atoms with Gasteiger partial charge in [-0.3, -0.25) is 4.79 Å². The number of hydrogen-bond donors (Lipinski definition) is 4.